The first kappa shape index (κ1) is 30.2. The molecule has 0 N–H and O–H groups in total. The third-order valence-electron chi connectivity index (χ3n) is 15.3. The van der Waals surface area contributed by atoms with Gasteiger partial charge in [-0.15, -0.1) is 0 Å². The second-order valence-corrected chi connectivity index (χ2v) is 26.3. The van der Waals surface area contributed by atoms with E-state index in [1.54, 1.807) is 0 Å². The maximum absolute atomic E-state index is 14.7. The summed E-state index contributed by atoms with van der Waals surface area (Å²) >= 11 is -0.556. The third kappa shape index (κ3) is 3.97. The van der Waals surface area contributed by atoms with Crippen LogP contribution in [0.4, 0.5) is 0 Å². The van der Waals surface area contributed by atoms with Crippen molar-refractivity contribution >= 4 is 25.7 Å². The molecule has 12 saturated carbocycles. The van der Waals surface area contributed by atoms with E-state index in [-0.39, 0.29) is 7.43 Å². The number of halogens is 2. The molecule has 0 spiro atoms. The minimum absolute atomic E-state index is 0. The first-order valence-corrected chi connectivity index (χ1v) is 22.8. The summed E-state index contributed by atoms with van der Waals surface area (Å²) in [5, 5.41) is 15.6. The average molecular weight is 641 g/mol. The summed E-state index contributed by atoms with van der Waals surface area (Å²) in [6, 6.07) is 0. The van der Waals surface area contributed by atoms with E-state index in [1.165, 1.54) is 116 Å². The fourth-order valence-electron chi connectivity index (χ4n) is 17.5. The summed E-state index contributed by atoms with van der Waals surface area (Å²) in [6.45, 7) is 10.8. The van der Waals surface area contributed by atoms with E-state index in [2.05, 4.69) is 27.7 Å². The molecule has 12 aliphatic carbocycles. The van der Waals surface area contributed by atoms with Crippen LogP contribution in [-0.4, -0.2) is 15.5 Å². The van der Waals surface area contributed by atoms with E-state index in [0.29, 0.717) is 37.1 Å². The standard InChI is InChI=1S/C34H53NP.CH3.2ClH.Ti/c1-28-8-26-9-29(2,17-28)20-33(15-26,19-28)36(35,32-12-23-5-24(13-32)7-25(6-23)14-32)34-16-27-10-30(3,21-34)18-31(4,11-27)22-34;;;;/h23-27H,5-22H2,1-4H3;1H3;2*1H;/q2*-1;;;+2/p-2. The average Bonchev–Trinajstić information content (AvgIpc) is 2.73. The molecule has 0 aromatic heterocycles. The molecule has 226 valence electrons. The molecule has 4 unspecified atom stereocenters. The number of hydrogen-bond acceptors (Lipinski definition) is 0. The molecule has 12 fully saturated rings. The van der Waals surface area contributed by atoms with Crippen LogP contribution in [0.2, 0.25) is 0 Å². The zero-order chi connectivity index (χ0) is 27.3. The van der Waals surface area contributed by atoms with Crippen molar-refractivity contribution in [1.29, 1.82) is 0 Å². The normalized spacial score (nSPS) is 61.0. The Morgan fingerprint density at radius 1 is 0.500 bits per heavy atom. The van der Waals surface area contributed by atoms with Crippen molar-refractivity contribution in [1.82, 2.24) is 0 Å². The van der Waals surface area contributed by atoms with Gasteiger partial charge in [-0.3, -0.25) is 0 Å². The van der Waals surface area contributed by atoms with Gasteiger partial charge >= 0.3 is 35.6 Å². The topological polar surface area (TPSA) is 22.3 Å². The minimum atomic E-state index is -2.24. The summed E-state index contributed by atoms with van der Waals surface area (Å²) < 4.78 is 0. The molecular weight excluding hydrogens is 584 g/mol. The molecule has 0 aromatic rings. The third-order valence-corrected chi connectivity index (χ3v) is 20.9. The second kappa shape index (κ2) is 9.07. The molecule has 0 aromatic carbocycles. The van der Waals surface area contributed by atoms with Gasteiger partial charge < -0.3 is 12.6 Å². The Morgan fingerprint density at radius 3 is 1.05 bits per heavy atom. The monoisotopic (exact) mass is 639 g/mol. The van der Waals surface area contributed by atoms with Crippen molar-refractivity contribution in [2.45, 2.75) is 159 Å². The molecule has 0 aliphatic heterocycles. The van der Waals surface area contributed by atoms with Gasteiger partial charge in [0.05, 0.1) is 0 Å². The van der Waals surface area contributed by atoms with Crippen molar-refractivity contribution in [2.75, 3.05) is 0 Å². The van der Waals surface area contributed by atoms with E-state index in [1.807, 2.05) is 0 Å². The quantitative estimate of drug-likeness (QED) is 0.166. The zero-order valence-electron chi connectivity index (χ0n) is 26.3. The molecule has 12 bridgehead atoms. The van der Waals surface area contributed by atoms with Crippen LogP contribution in [0.25, 0.3) is 5.16 Å². The molecule has 12 rings (SSSR count). The van der Waals surface area contributed by atoms with Crippen LogP contribution in [0.15, 0.2) is 0 Å². The Balaban J connectivity index is 0.000000636. The Morgan fingerprint density at radius 2 is 0.775 bits per heavy atom. The first-order chi connectivity index (χ1) is 18.2. The van der Waals surface area contributed by atoms with Crippen molar-refractivity contribution in [3.63, 3.8) is 0 Å². The number of rotatable bonds is 3. The summed E-state index contributed by atoms with van der Waals surface area (Å²) in [4.78, 5) is 0. The van der Waals surface area contributed by atoms with Crippen molar-refractivity contribution in [2.24, 2.45) is 51.2 Å². The van der Waals surface area contributed by atoms with Gasteiger partial charge in [-0.1, -0.05) is 27.7 Å². The molecule has 5 heteroatoms. The predicted octanol–water partition coefficient (Wildman–Crippen LogP) is 12.1. The molecule has 4 atom stereocenters. The number of nitrogens with zero attached hydrogens (tertiary/aromatic N) is 1. The summed E-state index contributed by atoms with van der Waals surface area (Å²) in [5.74, 6) is 4.71. The van der Waals surface area contributed by atoms with Crippen LogP contribution < -0.4 is 0 Å². The van der Waals surface area contributed by atoms with Gasteiger partial charge in [-0.25, -0.2) is 7.05 Å². The van der Waals surface area contributed by atoms with Crippen molar-refractivity contribution in [3.05, 3.63) is 12.6 Å². The van der Waals surface area contributed by atoms with Crippen molar-refractivity contribution in [3.8, 4) is 0 Å². The Kier molecular flexibility index (Phi) is 6.85. The molecule has 12 aliphatic rings. The molecule has 0 radical (unpaired) electrons. The van der Waals surface area contributed by atoms with E-state index in [4.69, 9.17) is 18.6 Å². The molecular formula is C35H56Cl2NPTi-2. The summed E-state index contributed by atoms with van der Waals surface area (Å²) in [7, 11) is 7.54. The fourth-order valence-corrected chi connectivity index (χ4v) is 25.5. The second-order valence-electron chi connectivity index (χ2n) is 19.6. The Labute approximate surface area is 263 Å². The van der Waals surface area contributed by atoms with Crippen LogP contribution in [0, 0.1) is 58.7 Å². The van der Waals surface area contributed by atoms with Gasteiger partial charge in [0, 0.05) is 0 Å². The van der Waals surface area contributed by atoms with E-state index in [0.717, 1.165) is 29.6 Å². The van der Waals surface area contributed by atoms with Gasteiger partial charge in [0.15, 0.2) is 0 Å². The Bertz CT molecular complexity index is 987. The van der Waals surface area contributed by atoms with Crippen LogP contribution in [0.5, 0.6) is 0 Å². The van der Waals surface area contributed by atoms with Gasteiger partial charge in [0.1, 0.15) is 0 Å². The van der Waals surface area contributed by atoms with Gasteiger partial charge in [0.25, 0.3) is 0 Å². The molecule has 40 heavy (non-hydrogen) atoms. The van der Waals surface area contributed by atoms with Gasteiger partial charge in [0.2, 0.25) is 0 Å². The van der Waals surface area contributed by atoms with Crippen LogP contribution in [0.3, 0.4) is 0 Å². The van der Waals surface area contributed by atoms with Crippen molar-refractivity contribution < 1.29 is 17.0 Å². The van der Waals surface area contributed by atoms with Gasteiger partial charge in [-0.05, 0) is 182 Å². The number of hydrogen-bond donors (Lipinski definition) is 0. The summed E-state index contributed by atoms with van der Waals surface area (Å²) in [5.41, 5.74) is 2.06. The summed E-state index contributed by atoms with van der Waals surface area (Å²) in [6.07, 6.45) is 26.3. The van der Waals surface area contributed by atoms with Crippen LogP contribution in [-0.2, 0) is 17.0 Å². The maximum atomic E-state index is 14.7. The Hall–Kier alpha value is 1.52. The first-order valence-electron chi connectivity index (χ1n) is 16.8. The molecule has 0 saturated heterocycles. The van der Waals surface area contributed by atoms with E-state index >= 15 is 0 Å². The van der Waals surface area contributed by atoms with Crippen LogP contribution in [0.1, 0.15) is 143 Å². The zero-order valence-corrected chi connectivity index (χ0v) is 30.2. The molecule has 0 heterocycles. The molecule has 1 nitrogen and oxygen atoms in total. The fraction of sp³-hybridized carbons (Fsp3) is 0.971. The SMILES string of the molecule is CC12CC3CC(C)(C1)CC(P(=[N-])(C14CC5CC(CC(C5)C1)C4)C14CC5CC(C)(CC(C)(C5)C1)C4)(C3)C2.[CH3-].[Cl][Ti][Cl]. The van der Waals surface area contributed by atoms with E-state index in [9.17, 15) is 5.16 Å². The predicted molar refractivity (Wildman–Crippen MR) is 170 cm³/mol. The molecule has 0 amide bonds. The van der Waals surface area contributed by atoms with Crippen LogP contribution >= 0.6 is 25.7 Å². The van der Waals surface area contributed by atoms with E-state index < -0.39 is 24.1 Å². The van der Waals surface area contributed by atoms with Gasteiger partial charge in [-0.2, -0.15) is 0 Å².